The normalized spacial score (nSPS) is 30.6. The molecule has 1 aromatic rings. The van der Waals surface area contributed by atoms with Gasteiger partial charge in [-0.05, 0) is 24.7 Å². The highest BCUT2D eigenvalue weighted by Crippen LogP contribution is 2.51. The van der Waals surface area contributed by atoms with Crippen molar-refractivity contribution in [1.82, 2.24) is 0 Å². The van der Waals surface area contributed by atoms with Gasteiger partial charge in [-0.15, -0.1) is 0 Å². The molecule has 88 valence electrons. The predicted octanol–water partition coefficient (Wildman–Crippen LogP) is 3.74. The van der Waals surface area contributed by atoms with Crippen molar-refractivity contribution < 1.29 is 4.57 Å². The largest absolute Gasteiger partial charge is 0.319 e. The molecule has 1 saturated heterocycles. The van der Waals surface area contributed by atoms with Gasteiger partial charge in [0.25, 0.3) is 0 Å². The Morgan fingerprint density at radius 2 is 1.69 bits per heavy atom. The van der Waals surface area contributed by atoms with E-state index >= 15 is 0 Å². The average Bonchev–Trinajstić information content (AvgIpc) is 2.31. The van der Waals surface area contributed by atoms with Gasteiger partial charge in [-0.2, -0.15) is 0 Å². The second-order valence-corrected chi connectivity index (χ2v) is 8.44. The van der Waals surface area contributed by atoms with Gasteiger partial charge in [-0.3, -0.25) is 0 Å². The second-order valence-electron chi connectivity index (χ2n) is 5.25. The Labute approximate surface area is 98.6 Å². The van der Waals surface area contributed by atoms with E-state index in [-0.39, 0.29) is 0 Å². The summed E-state index contributed by atoms with van der Waals surface area (Å²) < 4.78 is 12.8. The number of rotatable bonds is 2. The maximum Gasteiger partial charge on any atom is 0.115 e. The van der Waals surface area contributed by atoms with Crippen LogP contribution in [0.5, 0.6) is 0 Å². The molecule has 0 spiro atoms. The molecule has 1 aliphatic rings. The lowest BCUT2D eigenvalue weighted by atomic mass is 9.91. The van der Waals surface area contributed by atoms with Gasteiger partial charge >= 0.3 is 0 Å². The van der Waals surface area contributed by atoms with Gasteiger partial charge in [0.1, 0.15) is 7.14 Å². The van der Waals surface area contributed by atoms with Gasteiger partial charge in [0, 0.05) is 17.6 Å². The molecule has 1 nitrogen and oxygen atoms in total. The molecule has 0 aliphatic carbocycles. The standard InChI is InChI=1S/C14H21OP/c1-12(2)13-8-10-16(15,11-9-13)14-6-4-3-5-7-14/h3-7,12-13H,8-11H2,1-2H3. The van der Waals surface area contributed by atoms with E-state index in [2.05, 4.69) is 13.8 Å². The van der Waals surface area contributed by atoms with E-state index in [1.165, 1.54) is 0 Å². The van der Waals surface area contributed by atoms with Crippen LogP contribution in [0.15, 0.2) is 30.3 Å². The minimum atomic E-state index is -2.04. The lowest BCUT2D eigenvalue weighted by Crippen LogP contribution is -2.23. The summed E-state index contributed by atoms with van der Waals surface area (Å²) in [5.41, 5.74) is 0. The third-order valence-electron chi connectivity index (χ3n) is 3.89. The van der Waals surface area contributed by atoms with E-state index < -0.39 is 7.14 Å². The molecule has 0 amide bonds. The number of hydrogen-bond donors (Lipinski definition) is 0. The van der Waals surface area contributed by atoms with E-state index in [0.29, 0.717) is 0 Å². The summed E-state index contributed by atoms with van der Waals surface area (Å²) in [6, 6.07) is 10.1. The molecule has 0 atom stereocenters. The zero-order valence-corrected chi connectivity index (χ0v) is 11.1. The zero-order valence-electron chi connectivity index (χ0n) is 10.2. The Hall–Kier alpha value is -0.550. The maximum absolute atomic E-state index is 12.8. The van der Waals surface area contributed by atoms with Crippen molar-refractivity contribution in [2.24, 2.45) is 11.8 Å². The van der Waals surface area contributed by atoms with E-state index in [4.69, 9.17) is 0 Å². The molecule has 2 heteroatoms. The Morgan fingerprint density at radius 1 is 1.12 bits per heavy atom. The first-order valence-electron chi connectivity index (χ1n) is 6.25. The van der Waals surface area contributed by atoms with Gasteiger partial charge in [0.05, 0.1) is 0 Å². The number of hydrogen-bond acceptors (Lipinski definition) is 1. The Morgan fingerprint density at radius 3 is 2.19 bits per heavy atom. The summed E-state index contributed by atoms with van der Waals surface area (Å²) in [4.78, 5) is 0. The third kappa shape index (κ3) is 2.40. The van der Waals surface area contributed by atoms with Gasteiger partial charge in [0.2, 0.25) is 0 Å². The summed E-state index contributed by atoms with van der Waals surface area (Å²) in [6.45, 7) is 4.56. The lowest BCUT2D eigenvalue weighted by molar-refractivity contribution is 0.352. The maximum atomic E-state index is 12.8. The molecule has 0 unspecified atom stereocenters. The van der Waals surface area contributed by atoms with Crippen LogP contribution < -0.4 is 5.30 Å². The minimum absolute atomic E-state index is 0.740. The van der Waals surface area contributed by atoms with Crippen LogP contribution in [0.4, 0.5) is 0 Å². The van der Waals surface area contributed by atoms with Crippen molar-refractivity contribution in [2.45, 2.75) is 26.7 Å². The van der Waals surface area contributed by atoms with Crippen molar-refractivity contribution >= 4 is 12.4 Å². The quantitative estimate of drug-likeness (QED) is 0.715. The van der Waals surface area contributed by atoms with Crippen LogP contribution in [0.25, 0.3) is 0 Å². The Bertz CT molecular complexity index is 371. The van der Waals surface area contributed by atoms with Gasteiger partial charge in [0.15, 0.2) is 0 Å². The molecule has 0 saturated carbocycles. The van der Waals surface area contributed by atoms with Gasteiger partial charge in [-0.1, -0.05) is 44.2 Å². The molecule has 0 bridgehead atoms. The summed E-state index contributed by atoms with van der Waals surface area (Å²) in [7, 11) is -2.04. The second kappa shape index (κ2) is 4.75. The summed E-state index contributed by atoms with van der Waals surface area (Å²) in [6.07, 6.45) is 4.12. The van der Waals surface area contributed by atoms with Crippen LogP contribution in [0, 0.1) is 11.8 Å². The average molecular weight is 236 g/mol. The van der Waals surface area contributed by atoms with Crippen LogP contribution in [-0.2, 0) is 4.57 Å². The molecular weight excluding hydrogens is 215 g/mol. The minimum Gasteiger partial charge on any atom is -0.319 e. The first-order chi connectivity index (χ1) is 7.62. The molecule has 1 aliphatic heterocycles. The van der Waals surface area contributed by atoms with Crippen molar-refractivity contribution in [3.05, 3.63) is 30.3 Å². The highest BCUT2D eigenvalue weighted by atomic mass is 31.2. The van der Waals surface area contributed by atoms with E-state index in [9.17, 15) is 4.57 Å². The Kier molecular flexibility index (Phi) is 3.54. The first kappa shape index (κ1) is 11.9. The first-order valence-corrected chi connectivity index (χ1v) is 8.33. The van der Waals surface area contributed by atoms with Crippen molar-refractivity contribution in [2.75, 3.05) is 12.3 Å². The Balaban J connectivity index is 2.10. The molecule has 1 fully saturated rings. The van der Waals surface area contributed by atoms with Crippen LogP contribution in [0.3, 0.4) is 0 Å². The predicted molar refractivity (Wildman–Crippen MR) is 71.0 cm³/mol. The molecule has 16 heavy (non-hydrogen) atoms. The van der Waals surface area contributed by atoms with E-state index in [1.807, 2.05) is 30.3 Å². The fourth-order valence-electron chi connectivity index (χ4n) is 2.63. The molecule has 0 aromatic heterocycles. The van der Waals surface area contributed by atoms with E-state index in [1.54, 1.807) is 0 Å². The van der Waals surface area contributed by atoms with Crippen LogP contribution in [0.1, 0.15) is 26.7 Å². The highest BCUT2D eigenvalue weighted by molar-refractivity contribution is 7.71. The van der Waals surface area contributed by atoms with Crippen LogP contribution in [0.2, 0.25) is 0 Å². The summed E-state index contributed by atoms with van der Waals surface area (Å²) in [5, 5.41) is 1.09. The van der Waals surface area contributed by atoms with Gasteiger partial charge in [-0.25, -0.2) is 0 Å². The molecule has 2 rings (SSSR count). The topological polar surface area (TPSA) is 17.1 Å². The third-order valence-corrected chi connectivity index (χ3v) is 7.09. The molecular formula is C14H21OP. The highest BCUT2D eigenvalue weighted by Gasteiger charge is 2.32. The SMILES string of the molecule is CC(C)C1CCP(=O)(c2ccccc2)CC1. The summed E-state index contributed by atoms with van der Waals surface area (Å²) in [5.74, 6) is 1.52. The van der Waals surface area contributed by atoms with Crippen molar-refractivity contribution in [3.8, 4) is 0 Å². The lowest BCUT2D eigenvalue weighted by Gasteiger charge is -2.31. The molecule has 1 aromatic carbocycles. The van der Waals surface area contributed by atoms with Crippen LogP contribution >= 0.6 is 7.14 Å². The van der Waals surface area contributed by atoms with Crippen molar-refractivity contribution in [1.29, 1.82) is 0 Å². The zero-order chi connectivity index (χ0) is 11.6. The fraction of sp³-hybridized carbons (Fsp3) is 0.571. The molecule has 0 radical (unpaired) electrons. The van der Waals surface area contributed by atoms with E-state index in [0.717, 1.165) is 42.3 Å². The monoisotopic (exact) mass is 236 g/mol. The smallest absolute Gasteiger partial charge is 0.115 e. The fourth-order valence-corrected chi connectivity index (χ4v) is 5.58. The van der Waals surface area contributed by atoms with Gasteiger partial charge < -0.3 is 4.57 Å². The summed E-state index contributed by atoms with van der Waals surface area (Å²) >= 11 is 0. The number of benzene rings is 1. The molecule has 1 heterocycles. The molecule has 0 N–H and O–H groups in total. The van der Waals surface area contributed by atoms with Crippen molar-refractivity contribution in [3.63, 3.8) is 0 Å². The van der Waals surface area contributed by atoms with Crippen LogP contribution in [-0.4, -0.2) is 12.3 Å².